The third-order valence-corrected chi connectivity index (χ3v) is 4.45. The van der Waals surface area contributed by atoms with Crippen molar-refractivity contribution in [3.63, 3.8) is 0 Å². The van der Waals surface area contributed by atoms with Crippen molar-refractivity contribution in [3.05, 3.63) is 22.5 Å². The second kappa shape index (κ2) is 4.55. The summed E-state index contributed by atoms with van der Waals surface area (Å²) < 4.78 is 28.3. The minimum atomic E-state index is -2.57. The fraction of sp³-hybridized carbons (Fsp3) is 0.643. The van der Waals surface area contributed by atoms with E-state index in [1.165, 1.54) is 0 Å². The van der Waals surface area contributed by atoms with Crippen LogP contribution >= 0.6 is 0 Å². The number of alkyl halides is 2. The van der Waals surface area contributed by atoms with E-state index in [-0.39, 0.29) is 24.7 Å². The van der Waals surface area contributed by atoms with Crippen molar-refractivity contribution < 1.29 is 13.6 Å². The van der Waals surface area contributed by atoms with Crippen LogP contribution in [0.4, 0.5) is 8.78 Å². The Kier molecular flexibility index (Phi) is 3.08. The molecule has 0 spiro atoms. The van der Waals surface area contributed by atoms with E-state index in [4.69, 9.17) is 0 Å². The number of nitrogens with one attached hydrogen (secondary N) is 2. The second-order valence-electron chi connectivity index (χ2n) is 5.71. The lowest BCUT2D eigenvalue weighted by molar-refractivity contribution is -0.0870. The zero-order chi connectivity index (χ0) is 14.5. The topological polar surface area (TPSA) is 46.1 Å². The van der Waals surface area contributed by atoms with E-state index in [9.17, 15) is 13.6 Å². The van der Waals surface area contributed by atoms with Crippen LogP contribution in [0.1, 0.15) is 46.1 Å². The Hall–Kier alpha value is -1.43. The SMILES string of the molecule is CNC(=O)c1c(C2CC(F)(F)C2)c2c(n1C)CNCC2. The van der Waals surface area contributed by atoms with E-state index in [1.807, 2.05) is 11.6 Å². The summed E-state index contributed by atoms with van der Waals surface area (Å²) in [6.07, 6.45) is 0.527. The van der Waals surface area contributed by atoms with E-state index < -0.39 is 5.92 Å². The minimum absolute atomic E-state index is 0.138. The van der Waals surface area contributed by atoms with Crippen molar-refractivity contribution in [3.8, 4) is 0 Å². The Balaban J connectivity index is 2.08. The monoisotopic (exact) mass is 283 g/mol. The normalized spacial score (nSPS) is 21.2. The lowest BCUT2D eigenvalue weighted by atomic mass is 9.74. The summed E-state index contributed by atoms with van der Waals surface area (Å²) >= 11 is 0. The first kappa shape index (κ1) is 13.5. The highest BCUT2D eigenvalue weighted by Crippen LogP contribution is 2.51. The molecule has 0 radical (unpaired) electrons. The van der Waals surface area contributed by atoms with E-state index >= 15 is 0 Å². The fourth-order valence-corrected chi connectivity index (χ4v) is 3.44. The van der Waals surface area contributed by atoms with Gasteiger partial charge in [0.25, 0.3) is 5.91 Å². The molecule has 1 amide bonds. The molecular formula is C14H19F2N3O. The molecule has 1 aromatic heterocycles. The third-order valence-electron chi connectivity index (χ3n) is 4.45. The Labute approximate surface area is 116 Å². The number of halogens is 2. The summed E-state index contributed by atoms with van der Waals surface area (Å²) in [5, 5.41) is 5.90. The van der Waals surface area contributed by atoms with E-state index in [0.29, 0.717) is 12.2 Å². The highest BCUT2D eigenvalue weighted by Gasteiger charge is 2.48. The first-order valence-corrected chi connectivity index (χ1v) is 6.95. The van der Waals surface area contributed by atoms with Crippen molar-refractivity contribution in [1.29, 1.82) is 0 Å². The number of hydrogen-bond acceptors (Lipinski definition) is 2. The molecule has 1 aliphatic heterocycles. The first-order valence-electron chi connectivity index (χ1n) is 6.95. The summed E-state index contributed by atoms with van der Waals surface area (Å²) in [6.45, 7) is 1.53. The Morgan fingerprint density at radius 1 is 1.45 bits per heavy atom. The molecule has 2 aliphatic rings. The van der Waals surface area contributed by atoms with Gasteiger partial charge in [0.15, 0.2) is 0 Å². The molecule has 0 unspecified atom stereocenters. The summed E-state index contributed by atoms with van der Waals surface area (Å²) in [5.74, 6) is -2.95. The lowest BCUT2D eigenvalue weighted by Crippen LogP contribution is -2.36. The number of fused-ring (bicyclic) bond motifs is 1. The number of rotatable bonds is 2. The third kappa shape index (κ3) is 1.93. The highest BCUT2D eigenvalue weighted by atomic mass is 19.3. The zero-order valence-corrected chi connectivity index (χ0v) is 11.7. The van der Waals surface area contributed by atoms with Gasteiger partial charge in [0, 0.05) is 39.2 Å². The summed E-state index contributed by atoms with van der Waals surface area (Å²) in [6, 6.07) is 0. The van der Waals surface area contributed by atoms with Gasteiger partial charge in [-0.15, -0.1) is 0 Å². The van der Waals surface area contributed by atoms with Crippen molar-refractivity contribution in [2.24, 2.45) is 7.05 Å². The number of aromatic nitrogens is 1. The van der Waals surface area contributed by atoms with Crippen LogP contribution in [-0.4, -0.2) is 30.0 Å². The van der Waals surface area contributed by atoms with Crippen LogP contribution < -0.4 is 10.6 Å². The van der Waals surface area contributed by atoms with Gasteiger partial charge in [0.05, 0.1) is 0 Å². The predicted molar refractivity (Wildman–Crippen MR) is 71.1 cm³/mol. The summed E-state index contributed by atoms with van der Waals surface area (Å²) in [7, 11) is 3.42. The van der Waals surface area contributed by atoms with E-state index in [0.717, 1.165) is 29.8 Å². The van der Waals surface area contributed by atoms with Crippen molar-refractivity contribution in [2.75, 3.05) is 13.6 Å². The molecule has 2 N–H and O–H groups in total. The first-order chi connectivity index (χ1) is 9.44. The van der Waals surface area contributed by atoms with Crippen molar-refractivity contribution >= 4 is 5.91 Å². The second-order valence-corrected chi connectivity index (χ2v) is 5.71. The molecule has 0 bridgehead atoms. The molecule has 3 rings (SSSR count). The number of hydrogen-bond donors (Lipinski definition) is 2. The van der Waals surface area contributed by atoms with Crippen LogP contribution in [0, 0.1) is 0 Å². The van der Waals surface area contributed by atoms with Crippen LogP contribution in [0.25, 0.3) is 0 Å². The molecule has 1 aromatic rings. The molecule has 4 nitrogen and oxygen atoms in total. The average molecular weight is 283 g/mol. The Bertz CT molecular complexity index is 557. The number of carbonyl (C=O) groups is 1. The molecule has 0 aromatic carbocycles. The van der Waals surface area contributed by atoms with Gasteiger partial charge in [-0.05, 0) is 30.0 Å². The van der Waals surface area contributed by atoms with Gasteiger partial charge in [-0.3, -0.25) is 4.79 Å². The van der Waals surface area contributed by atoms with Gasteiger partial charge < -0.3 is 15.2 Å². The molecule has 1 saturated carbocycles. The largest absolute Gasteiger partial charge is 0.354 e. The number of amides is 1. The molecular weight excluding hydrogens is 264 g/mol. The van der Waals surface area contributed by atoms with Crippen LogP contribution in [0.5, 0.6) is 0 Å². The van der Waals surface area contributed by atoms with Crippen LogP contribution in [0.3, 0.4) is 0 Å². The highest BCUT2D eigenvalue weighted by molar-refractivity contribution is 5.95. The van der Waals surface area contributed by atoms with Crippen LogP contribution in [0.2, 0.25) is 0 Å². The molecule has 1 fully saturated rings. The maximum absolute atomic E-state index is 13.2. The van der Waals surface area contributed by atoms with Crippen LogP contribution in [0.15, 0.2) is 0 Å². The van der Waals surface area contributed by atoms with Gasteiger partial charge >= 0.3 is 0 Å². The average Bonchev–Trinajstić information content (AvgIpc) is 2.69. The van der Waals surface area contributed by atoms with Gasteiger partial charge in [0.2, 0.25) is 5.92 Å². The maximum atomic E-state index is 13.2. The Morgan fingerprint density at radius 2 is 2.15 bits per heavy atom. The van der Waals surface area contributed by atoms with Crippen molar-refractivity contribution in [1.82, 2.24) is 15.2 Å². The fourth-order valence-electron chi connectivity index (χ4n) is 3.44. The van der Waals surface area contributed by atoms with Gasteiger partial charge in [-0.2, -0.15) is 0 Å². The number of nitrogens with zero attached hydrogens (tertiary/aromatic N) is 1. The molecule has 2 heterocycles. The van der Waals surface area contributed by atoms with E-state index in [1.54, 1.807) is 7.05 Å². The lowest BCUT2D eigenvalue weighted by Gasteiger charge is -2.36. The quantitative estimate of drug-likeness (QED) is 0.865. The molecule has 1 aliphatic carbocycles. The van der Waals surface area contributed by atoms with Gasteiger partial charge in [0.1, 0.15) is 5.69 Å². The molecule has 110 valence electrons. The maximum Gasteiger partial charge on any atom is 0.267 e. The van der Waals surface area contributed by atoms with Gasteiger partial charge in [-0.25, -0.2) is 8.78 Å². The molecule has 20 heavy (non-hydrogen) atoms. The number of carbonyl (C=O) groups excluding carboxylic acids is 1. The summed E-state index contributed by atoms with van der Waals surface area (Å²) in [4.78, 5) is 12.1. The minimum Gasteiger partial charge on any atom is -0.354 e. The smallest absolute Gasteiger partial charge is 0.267 e. The predicted octanol–water partition coefficient (Wildman–Crippen LogP) is 1.54. The van der Waals surface area contributed by atoms with Gasteiger partial charge in [-0.1, -0.05) is 0 Å². The summed E-state index contributed by atoms with van der Waals surface area (Å²) in [5.41, 5.74) is 3.57. The molecule has 6 heteroatoms. The molecule has 0 saturated heterocycles. The van der Waals surface area contributed by atoms with Crippen molar-refractivity contribution in [2.45, 2.75) is 37.6 Å². The van der Waals surface area contributed by atoms with E-state index in [2.05, 4.69) is 10.6 Å². The van der Waals surface area contributed by atoms with Crippen LogP contribution in [-0.2, 0) is 20.0 Å². The Morgan fingerprint density at radius 3 is 2.75 bits per heavy atom. The zero-order valence-electron chi connectivity index (χ0n) is 11.7. The standard InChI is InChI=1S/C14H19F2N3O/c1-17-13(20)12-11(8-5-14(15,16)6-8)9-3-4-18-7-10(9)19(12)2/h8,18H,3-7H2,1-2H3,(H,17,20). The molecule has 0 atom stereocenters.